The number of fused-ring (bicyclic) bond motifs is 6. The van der Waals surface area contributed by atoms with E-state index in [4.69, 9.17) is 19.4 Å². The van der Waals surface area contributed by atoms with Crippen LogP contribution >= 0.6 is 11.3 Å². The van der Waals surface area contributed by atoms with Crippen LogP contribution in [0.5, 0.6) is 0 Å². The molecule has 0 spiro atoms. The zero-order valence-corrected chi connectivity index (χ0v) is 38.2. The molecule has 6 bridgehead atoms. The van der Waals surface area contributed by atoms with Crippen LogP contribution in [-0.4, -0.2) is 118 Å². The van der Waals surface area contributed by atoms with Crippen molar-refractivity contribution in [2.75, 3.05) is 58.4 Å². The Morgan fingerprint density at radius 2 is 1.89 bits per heavy atom. The lowest BCUT2D eigenvalue weighted by atomic mass is 9.84. The second-order valence-corrected chi connectivity index (χ2v) is 20.1. The maximum absolute atomic E-state index is 14.4. The van der Waals surface area contributed by atoms with Crippen LogP contribution in [0.25, 0.3) is 33.4 Å². The summed E-state index contributed by atoms with van der Waals surface area (Å²) in [6.07, 6.45) is 11.2. The molecule has 64 heavy (non-hydrogen) atoms. The fourth-order valence-electron chi connectivity index (χ4n) is 10.2. The summed E-state index contributed by atoms with van der Waals surface area (Å²) in [5, 5.41) is 8.56. The van der Waals surface area contributed by atoms with Crippen LogP contribution in [0, 0.1) is 11.3 Å². The number of nitrogens with zero attached hydrogens (tertiary/aromatic N) is 8. The first-order valence-corrected chi connectivity index (χ1v) is 23.7. The third kappa shape index (κ3) is 8.29. The van der Waals surface area contributed by atoms with Gasteiger partial charge >= 0.3 is 5.97 Å². The van der Waals surface area contributed by atoms with Gasteiger partial charge in [0.2, 0.25) is 5.91 Å². The number of methoxy groups -OCH3 is 1. The van der Waals surface area contributed by atoms with Gasteiger partial charge in [-0.15, -0.1) is 11.3 Å². The first-order valence-electron chi connectivity index (χ1n) is 22.8. The number of benzene rings is 1. The Bertz CT molecular complexity index is 2590. The van der Waals surface area contributed by atoms with Gasteiger partial charge in [-0.05, 0) is 81.8 Å². The number of esters is 1. The molecule has 2 amide bonds. The Morgan fingerprint density at radius 3 is 2.69 bits per heavy atom. The maximum Gasteiger partial charge on any atom is 0.324 e. The zero-order chi connectivity index (χ0) is 44.3. The van der Waals surface area contributed by atoms with E-state index < -0.39 is 23.5 Å². The maximum atomic E-state index is 14.4. The summed E-state index contributed by atoms with van der Waals surface area (Å²) >= 11 is 1.49. The van der Waals surface area contributed by atoms with Gasteiger partial charge in [0.1, 0.15) is 12.1 Å². The van der Waals surface area contributed by atoms with Crippen LogP contribution in [0.15, 0.2) is 48.4 Å². The summed E-state index contributed by atoms with van der Waals surface area (Å²) < 4.78 is 14.7. The standard InChI is InChI=1S/C48H58N10O5S/c1-28(62-5)42-35(20-31(24-51-42)56-16-14-55(4)15-17-56)44-36-23-48(2,3)27-63-47(61)37-9-7-13-58(54-37)46(60)38(53-45(59)34-21-32(34)39-25-49-10-11-50-39)22-41-52-40(26-64-41)30-18-29-8-6-12-57(44)43(29)33(36)19-30/h10-11,18-20,24-26,28,32,34,37-38,54H,6-9,12-17,21-23,27H2,1-5H3,(H,53,59)/t28-,32-,34-,37-,38-/m0/s1. The van der Waals surface area contributed by atoms with E-state index in [1.807, 2.05) is 6.20 Å². The Morgan fingerprint density at radius 1 is 1.05 bits per heavy atom. The number of pyridine rings is 1. The highest BCUT2D eigenvalue weighted by Crippen LogP contribution is 2.47. The Hall–Kier alpha value is -5.29. The third-order valence-electron chi connectivity index (χ3n) is 13.9. The van der Waals surface area contributed by atoms with E-state index in [-0.39, 0.29) is 42.8 Å². The normalized spacial score (nSPS) is 24.3. The molecule has 1 saturated carbocycles. The molecule has 16 heteroatoms. The number of carbonyl (C=O) groups excluding carboxylic acids is 3. The number of hydrogen-bond donors (Lipinski definition) is 2. The van der Waals surface area contributed by atoms with Gasteiger partial charge in [0.25, 0.3) is 5.91 Å². The van der Waals surface area contributed by atoms with Crippen molar-refractivity contribution in [3.05, 3.63) is 75.9 Å². The van der Waals surface area contributed by atoms with Crippen LogP contribution < -0.4 is 15.6 Å². The number of amides is 2. The Labute approximate surface area is 377 Å². The quantitative estimate of drug-likeness (QED) is 0.199. The van der Waals surface area contributed by atoms with Gasteiger partial charge < -0.3 is 29.2 Å². The number of rotatable bonds is 7. The molecular formula is C48H58N10O5S. The minimum absolute atomic E-state index is 0.0469. The number of piperazine rings is 1. The van der Waals surface area contributed by atoms with E-state index in [0.29, 0.717) is 32.2 Å². The number of aromatic nitrogens is 5. The number of anilines is 1. The van der Waals surface area contributed by atoms with Crippen molar-refractivity contribution in [3.63, 3.8) is 0 Å². The van der Waals surface area contributed by atoms with Crippen LogP contribution in [0.2, 0.25) is 0 Å². The van der Waals surface area contributed by atoms with Gasteiger partial charge in [-0.1, -0.05) is 13.8 Å². The van der Waals surface area contributed by atoms with Crippen molar-refractivity contribution in [3.8, 4) is 22.5 Å². The van der Waals surface area contributed by atoms with Crippen molar-refractivity contribution >= 4 is 45.7 Å². The molecule has 4 aliphatic heterocycles. The van der Waals surface area contributed by atoms with Crippen LogP contribution in [0.1, 0.15) is 86.0 Å². The number of cyclic esters (lactones) is 1. The van der Waals surface area contributed by atoms with Crippen molar-refractivity contribution < 1.29 is 23.9 Å². The third-order valence-corrected chi connectivity index (χ3v) is 14.7. The summed E-state index contributed by atoms with van der Waals surface area (Å²) in [4.78, 5) is 66.0. The number of hydrogen-bond acceptors (Lipinski definition) is 13. The molecule has 10 rings (SSSR count). The number of hydrazine groups is 1. The van der Waals surface area contributed by atoms with E-state index >= 15 is 0 Å². The van der Waals surface area contributed by atoms with Crippen molar-refractivity contribution in [2.45, 2.75) is 96.4 Å². The second-order valence-electron chi connectivity index (χ2n) is 19.1. The van der Waals surface area contributed by atoms with Crippen molar-refractivity contribution in [2.24, 2.45) is 11.3 Å². The first-order chi connectivity index (χ1) is 30.9. The smallest absolute Gasteiger partial charge is 0.324 e. The molecule has 5 aromatic rings. The molecule has 15 nitrogen and oxygen atoms in total. The molecule has 8 heterocycles. The Balaban J connectivity index is 1.08. The van der Waals surface area contributed by atoms with Gasteiger partial charge in [0, 0.05) is 111 Å². The fourth-order valence-corrected chi connectivity index (χ4v) is 11.0. The van der Waals surface area contributed by atoms with E-state index in [1.54, 1.807) is 25.7 Å². The Kier molecular flexibility index (Phi) is 11.5. The number of carbonyl (C=O) groups is 3. The summed E-state index contributed by atoms with van der Waals surface area (Å²) in [7, 11) is 3.91. The molecule has 4 aromatic heterocycles. The molecule has 2 saturated heterocycles. The first kappa shape index (κ1) is 42.6. The molecule has 3 fully saturated rings. The highest BCUT2D eigenvalue weighted by Gasteiger charge is 2.46. The zero-order valence-electron chi connectivity index (χ0n) is 37.4. The molecule has 0 radical (unpaired) electrons. The topological polar surface area (TPSA) is 160 Å². The molecule has 336 valence electrons. The highest BCUT2D eigenvalue weighted by atomic mass is 32.1. The number of ether oxygens (including phenoxy) is 2. The molecule has 5 aliphatic rings. The predicted molar refractivity (Wildman–Crippen MR) is 245 cm³/mol. The molecule has 1 aliphatic carbocycles. The summed E-state index contributed by atoms with van der Waals surface area (Å²) in [5.41, 5.74) is 13.2. The van der Waals surface area contributed by atoms with Crippen LogP contribution in [-0.2, 0) is 49.7 Å². The fraction of sp³-hybridized carbons (Fsp3) is 0.521. The van der Waals surface area contributed by atoms with Gasteiger partial charge in [-0.3, -0.25) is 34.3 Å². The predicted octanol–water partition coefficient (Wildman–Crippen LogP) is 5.47. The van der Waals surface area contributed by atoms with Gasteiger partial charge in [0.05, 0.1) is 57.9 Å². The van der Waals surface area contributed by atoms with Crippen molar-refractivity contribution in [1.29, 1.82) is 0 Å². The number of likely N-dealkylation sites (N-methyl/N-ethyl adjacent to an activating group) is 1. The largest absolute Gasteiger partial charge is 0.464 e. The lowest BCUT2D eigenvalue weighted by molar-refractivity contribution is -0.155. The average Bonchev–Trinajstić information content (AvgIpc) is 3.89. The van der Waals surface area contributed by atoms with Gasteiger partial charge in [0.15, 0.2) is 0 Å². The van der Waals surface area contributed by atoms with Crippen molar-refractivity contribution in [1.82, 2.24) is 45.2 Å². The van der Waals surface area contributed by atoms with E-state index in [1.165, 1.54) is 33.0 Å². The second kappa shape index (κ2) is 17.3. The van der Waals surface area contributed by atoms with E-state index in [2.05, 4.69) is 86.5 Å². The number of thiazole rings is 1. The molecule has 5 atom stereocenters. The van der Waals surface area contributed by atoms with E-state index in [0.717, 1.165) is 95.5 Å². The lowest BCUT2D eigenvalue weighted by Crippen LogP contribution is -2.60. The highest BCUT2D eigenvalue weighted by molar-refractivity contribution is 7.10. The SMILES string of the molecule is CO[C@@H](C)c1ncc(N2CCN(C)CC2)cc1-c1c2c3cc(cc4c3n1CCC4)-c1csc(n1)C[C@H](NC(=O)[C@H]1C[C@@H]1c1cnccn1)C(=O)N1CCC[C@H](N1)C(=O)OCC(C)(C)C2. The van der Waals surface area contributed by atoms with E-state index in [9.17, 15) is 14.4 Å². The van der Waals surface area contributed by atoms with Gasteiger partial charge in [-0.2, -0.15) is 0 Å². The monoisotopic (exact) mass is 886 g/mol. The lowest BCUT2D eigenvalue weighted by Gasteiger charge is -2.35. The minimum atomic E-state index is -0.902. The summed E-state index contributed by atoms with van der Waals surface area (Å²) in [6, 6.07) is 5.28. The van der Waals surface area contributed by atoms with Crippen LogP contribution in [0.4, 0.5) is 5.69 Å². The number of aryl methyl sites for hydroxylation is 2. The minimum Gasteiger partial charge on any atom is -0.464 e. The van der Waals surface area contributed by atoms with Crippen LogP contribution in [0.3, 0.4) is 0 Å². The number of nitrogens with one attached hydrogen (secondary N) is 2. The summed E-state index contributed by atoms with van der Waals surface area (Å²) in [5.74, 6) is -1.26. The summed E-state index contributed by atoms with van der Waals surface area (Å²) in [6.45, 7) is 11.6. The molecule has 1 aromatic carbocycles. The molecule has 2 N–H and O–H groups in total. The molecular weight excluding hydrogens is 829 g/mol. The van der Waals surface area contributed by atoms with Gasteiger partial charge in [-0.25, -0.2) is 10.4 Å². The molecule has 0 unspecified atom stereocenters. The average molecular weight is 887 g/mol.